The molecule has 2 aromatic rings. The summed E-state index contributed by atoms with van der Waals surface area (Å²) in [5.74, 6) is 0.905. The maximum atomic E-state index is 7.34. The Hall–Kier alpha value is -1.61. The van der Waals surface area contributed by atoms with Crippen molar-refractivity contribution >= 4 is 44.8 Å². The van der Waals surface area contributed by atoms with Crippen molar-refractivity contribution in [2.75, 3.05) is 5.75 Å². The lowest BCUT2D eigenvalue weighted by molar-refractivity contribution is 0.611. The molecule has 2 rings (SSSR count). The molecular formula is C11H15N7S2. The van der Waals surface area contributed by atoms with Crippen LogP contribution < -0.4 is 5.73 Å². The number of amidine groups is 1. The fourth-order valence-corrected chi connectivity index (χ4v) is 2.58. The van der Waals surface area contributed by atoms with Crippen LogP contribution in [0.25, 0.3) is 11.0 Å². The molecule has 0 saturated carbocycles. The van der Waals surface area contributed by atoms with Gasteiger partial charge in [-0.3, -0.25) is 15.5 Å². The minimum atomic E-state index is -0.0391. The highest BCUT2D eigenvalue weighted by Crippen LogP contribution is 2.16. The van der Waals surface area contributed by atoms with E-state index < -0.39 is 0 Å². The van der Waals surface area contributed by atoms with Gasteiger partial charge >= 0.3 is 0 Å². The standard InChI is InChI=1S/C11H15N7S2/c1-7(12)19-4-2-3-18-6-8-5-15-11(20-10(13)14)16-9(8)17-18/h5-6,12H,2-4H2,1H3,(H3,13,14). The van der Waals surface area contributed by atoms with Crippen LogP contribution in [0.2, 0.25) is 0 Å². The lowest BCUT2D eigenvalue weighted by Crippen LogP contribution is -2.04. The van der Waals surface area contributed by atoms with Gasteiger partial charge in [0.2, 0.25) is 0 Å². The highest BCUT2D eigenvalue weighted by atomic mass is 32.2. The van der Waals surface area contributed by atoms with Gasteiger partial charge in [-0.25, -0.2) is 9.97 Å². The van der Waals surface area contributed by atoms with E-state index in [2.05, 4.69) is 15.1 Å². The van der Waals surface area contributed by atoms with Crippen LogP contribution in [0, 0.1) is 10.8 Å². The Kier molecular flexibility index (Phi) is 4.96. The fourth-order valence-electron chi connectivity index (χ4n) is 1.56. The van der Waals surface area contributed by atoms with Gasteiger partial charge in [-0.2, -0.15) is 5.10 Å². The number of hydrogen-bond donors (Lipinski definition) is 3. The maximum absolute atomic E-state index is 7.34. The zero-order valence-corrected chi connectivity index (χ0v) is 12.6. The van der Waals surface area contributed by atoms with Crippen LogP contribution >= 0.6 is 23.5 Å². The Bertz CT molecular complexity index is 637. The summed E-state index contributed by atoms with van der Waals surface area (Å²) in [4.78, 5) is 8.38. The van der Waals surface area contributed by atoms with Crippen molar-refractivity contribution in [2.24, 2.45) is 5.73 Å². The zero-order valence-electron chi connectivity index (χ0n) is 11.0. The third-order valence-electron chi connectivity index (χ3n) is 2.34. The number of hydrogen-bond acceptors (Lipinski definition) is 7. The largest absolute Gasteiger partial charge is 0.378 e. The molecule has 9 heteroatoms. The van der Waals surface area contributed by atoms with Crippen molar-refractivity contribution in [1.82, 2.24) is 19.7 Å². The molecule has 2 heterocycles. The van der Waals surface area contributed by atoms with E-state index in [1.54, 1.807) is 24.9 Å². The van der Waals surface area contributed by atoms with Crippen molar-refractivity contribution in [3.8, 4) is 0 Å². The predicted octanol–water partition coefficient (Wildman–Crippen LogP) is 1.93. The number of nitrogens with one attached hydrogen (secondary N) is 2. The summed E-state index contributed by atoms with van der Waals surface area (Å²) in [5.41, 5.74) is 5.91. The van der Waals surface area contributed by atoms with E-state index >= 15 is 0 Å². The number of rotatable bonds is 5. The Morgan fingerprint density at radius 2 is 2.25 bits per heavy atom. The Balaban J connectivity index is 2.01. The second-order valence-electron chi connectivity index (χ2n) is 4.05. The van der Waals surface area contributed by atoms with Gasteiger partial charge in [0.25, 0.3) is 0 Å². The van der Waals surface area contributed by atoms with Gasteiger partial charge < -0.3 is 5.73 Å². The second-order valence-corrected chi connectivity index (χ2v) is 6.37. The van der Waals surface area contributed by atoms with E-state index in [1.165, 1.54) is 0 Å². The third-order valence-corrected chi connectivity index (χ3v) is 3.86. The molecule has 0 radical (unpaired) electrons. The summed E-state index contributed by atoms with van der Waals surface area (Å²) in [6, 6.07) is 0. The number of nitrogens with zero attached hydrogens (tertiary/aromatic N) is 4. The number of aryl methyl sites for hydroxylation is 1. The van der Waals surface area contributed by atoms with Crippen molar-refractivity contribution in [3.63, 3.8) is 0 Å². The van der Waals surface area contributed by atoms with Crippen LogP contribution in [0.15, 0.2) is 17.6 Å². The van der Waals surface area contributed by atoms with Crippen molar-refractivity contribution < 1.29 is 0 Å². The van der Waals surface area contributed by atoms with E-state index in [1.807, 2.05) is 10.9 Å². The summed E-state index contributed by atoms with van der Waals surface area (Å²) in [7, 11) is 0. The van der Waals surface area contributed by atoms with Gasteiger partial charge in [0, 0.05) is 24.7 Å². The van der Waals surface area contributed by atoms with Crippen LogP contribution in [0.5, 0.6) is 0 Å². The summed E-state index contributed by atoms with van der Waals surface area (Å²) in [6.07, 6.45) is 4.53. The van der Waals surface area contributed by atoms with Crippen molar-refractivity contribution in [3.05, 3.63) is 12.4 Å². The van der Waals surface area contributed by atoms with Gasteiger partial charge in [-0.1, -0.05) is 0 Å². The molecule has 0 atom stereocenters. The molecule has 0 aliphatic rings. The number of nitrogens with two attached hydrogens (primary N) is 1. The van der Waals surface area contributed by atoms with Crippen molar-refractivity contribution in [2.45, 2.75) is 25.0 Å². The van der Waals surface area contributed by atoms with Gasteiger partial charge in [0.1, 0.15) is 0 Å². The molecule has 0 unspecified atom stereocenters. The molecule has 0 aromatic carbocycles. The highest BCUT2D eigenvalue weighted by Gasteiger charge is 2.06. The first-order chi connectivity index (χ1) is 9.54. The average Bonchev–Trinajstić information content (AvgIpc) is 2.75. The topological polar surface area (TPSA) is 117 Å². The quantitative estimate of drug-likeness (QED) is 0.255. The smallest absolute Gasteiger partial charge is 0.197 e. The lowest BCUT2D eigenvalue weighted by atomic mass is 10.4. The van der Waals surface area contributed by atoms with Crippen LogP contribution in [0.3, 0.4) is 0 Å². The zero-order chi connectivity index (χ0) is 14.5. The number of fused-ring (bicyclic) bond motifs is 1. The molecule has 0 fully saturated rings. The molecule has 20 heavy (non-hydrogen) atoms. The predicted molar refractivity (Wildman–Crippen MR) is 83.6 cm³/mol. The monoisotopic (exact) mass is 309 g/mol. The van der Waals surface area contributed by atoms with E-state index in [9.17, 15) is 0 Å². The first-order valence-corrected chi connectivity index (χ1v) is 7.75. The number of thioether (sulfide) groups is 2. The maximum Gasteiger partial charge on any atom is 0.197 e. The average molecular weight is 309 g/mol. The minimum Gasteiger partial charge on any atom is -0.378 e. The molecule has 0 bridgehead atoms. The minimum absolute atomic E-state index is 0.0391. The van der Waals surface area contributed by atoms with Gasteiger partial charge in [-0.05, 0) is 25.1 Å². The Morgan fingerprint density at radius 1 is 1.45 bits per heavy atom. The van der Waals surface area contributed by atoms with Crippen LogP contribution in [-0.4, -0.2) is 35.7 Å². The van der Waals surface area contributed by atoms with E-state index in [0.29, 0.717) is 15.8 Å². The molecule has 0 aliphatic heterocycles. The SMILES string of the molecule is CC(=N)SCCCn1cc2cnc(SC(=N)N)nc2n1. The molecule has 2 aromatic heterocycles. The molecule has 0 saturated heterocycles. The molecule has 0 spiro atoms. The summed E-state index contributed by atoms with van der Waals surface area (Å²) in [5, 5.41) is 20.8. The van der Waals surface area contributed by atoms with Crippen LogP contribution in [0.4, 0.5) is 0 Å². The summed E-state index contributed by atoms with van der Waals surface area (Å²) in [6.45, 7) is 2.57. The van der Waals surface area contributed by atoms with Gasteiger partial charge in [0.05, 0.1) is 10.4 Å². The van der Waals surface area contributed by atoms with Gasteiger partial charge in [0.15, 0.2) is 16.0 Å². The summed E-state index contributed by atoms with van der Waals surface area (Å²) < 4.78 is 1.83. The number of aromatic nitrogens is 4. The third kappa shape index (κ3) is 4.20. The van der Waals surface area contributed by atoms with E-state index in [0.717, 1.165) is 35.9 Å². The first-order valence-electron chi connectivity index (χ1n) is 5.94. The highest BCUT2D eigenvalue weighted by molar-refractivity contribution is 8.13. The van der Waals surface area contributed by atoms with Crippen LogP contribution in [0.1, 0.15) is 13.3 Å². The normalized spacial score (nSPS) is 10.8. The molecular weight excluding hydrogens is 294 g/mol. The fraction of sp³-hybridized carbons (Fsp3) is 0.364. The van der Waals surface area contributed by atoms with E-state index in [4.69, 9.17) is 16.6 Å². The van der Waals surface area contributed by atoms with E-state index in [-0.39, 0.29) is 5.17 Å². The molecule has 0 aliphatic carbocycles. The second kappa shape index (κ2) is 6.71. The lowest BCUT2D eigenvalue weighted by Gasteiger charge is -2.00. The molecule has 106 valence electrons. The summed E-state index contributed by atoms with van der Waals surface area (Å²) >= 11 is 2.55. The van der Waals surface area contributed by atoms with Crippen LogP contribution in [-0.2, 0) is 6.54 Å². The van der Waals surface area contributed by atoms with Crippen molar-refractivity contribution in [1.29, 1.82) is 10.8 Å². The molecule has 7 nitrogen and oxygen atoms in total. The molecule has 4 N–H and O–H groups in total. The molecule has 0 amide bonds. The Labute approximate surface area is 124 Å². The van der Waals surface area contributed by atoms with Gasteiger partial charge in [-0.15, -0.1) is 11.8 Å². The Morgan fingerprint density at radius 3 is 2.95 bits per heavy atom. The first kappa shape index (κ1) is 14.8.